The van der Waals surface area contributed by atoms with Gasteiger partial charge >= 0.3 is 0 Å². The molecule has 5 nitrogen and oxygen atoms in total. The number of likely N-dealkylation sites (tertiary alicyclic amines) is 1. The molecular formula is C12H16N2O3. The molecule has 92 valence electrons. The van der Waals surface area contributed by atoms with E-state index in [1.165, 1.54) is 12.1 Å². The van der Waals surface area contributed by atoms with E-state index in [1.54, 1.807) is 11.0 Å². The summed E-state index contributed by atoms with van der Waals surface area (Å²) in [6.07, 6.45) is 1.72. The van der Waals surface area contributed by atoms with Crippen LogP contribution >= 0.6 is 0 Å². The molecule has 17 heavy (non-hydrogen) atoms. The quantitative estimate of drug-likeness (QED) is 0.517. The normalized spacial score (nSPS) is 19.6. The molecule has 1 heterocycles. The molecule has 4 N–H and O–H groups in total. The summed E-state index contributed by atoms with van der Waals surface area (Å²) in [5.74, 6) is -0.257. The fraction of sp³-hybridized carbons (Fsp3) is 0.417. The maximum Gasteiger partial charge on any atom is 0.254 e. The lowest BCUT2D eigenvalue weighted by Crippen LogP contribution is -2.37. The molecule has 2 rings (SSSR count). The van der Waals surface area contributed by atoms with Gasteiger partial charge in [-0.2, -0.15) is 0 Å². The predicted molar refractivity (Wildman–Crippen MR) is 63.7 cm³/mol. The number of anilines is 1. The molecule has 1 aromatic carbocycles. The van der Waals surface area contributed by atoms with E-state index >= 15 is 0 Å². The fourth-order valence-corrected chi connectivity index (χ4v) is 2.14. The lowest BCUT2D eigenvalue weighted by atomic mass is 10.1. The van der Waals surface area contributed by atoms with Crippen LogP contribution in [-0.2, 0) is 0 Å². The highest BCUT2D eigenvalue weighted by molar-refractivity contribution is 5.95. The Morgan fingerprint density at radius 1 is 1.53 bits per heavy atom. The van der Waals surface area contributed by atoms with Gasteiger partial charge < -0.3 is 20.8 Å². The van der Waals surface area contributed by atoms with Gasteiger partial charge in [0, 0.05) is 12.1 Å². The lowest BCUT2D eigenvalue weighted by molar-refractivity contribution is 0.0677. The maximum absolute atomic E-state index is 12.1. The number of aliphatic hydroxyl groups is 1. The summed E-state index contributed by atoms with van der Waals surface area (Å²) >= 11 is 0. The van der Waals surface area contributed by atoms with Gasteiger partial charge in [0.15, 0.2) is 0 Å². The first-order valence-electron chi connectivity index (χ1n) is 5.64. The minimum absolute atomic E-state index is 0.0211. The summed E-state index contributed by atoms with van der Waals surface area (Å²) in [4.78, 5) is 13.8. The first-order chi connectivity index (χ1) is 8.13. The van der Waals surface area contributed by atoms with Crippen LogP contribution in [0.15, 0.2) is 18.2 Å². The van der Waals surface area contributed by atoms with Gasteiger partial charge in [-0.05, 0) is 31.0 Å². The first kappa shape index (κ1) is 11.7. The number of carbonyl (C=O) groups excluding carboxylic acids is 1. The Morgan fingerprint density at radius 2 is 2.29 bits per heavy atom. The Hall–Kier alpha value is -1.75. The second-order valence-electron chi connectivity index (χ2n) is 4.25. The highest BCUT2D eigenvalue weighted by atomic mass is 16.3. The molecule has 1 atom stereocenters. The fourth-order valence-electron chi connectivity index (χ4n) is 2.14. The number of aliphatic hydroxyl groups excluding tert-OH is 1. The van der Waals surface area contributed by atoms with Crippen LogP contribution in [0.3, 0.4) is 0 Å². The number of carbonyl (C=O) groups is 1. The number of amides is 1. The monoisotopic (exact) mass is 236 g/mol. The van der Waals surface area contributed by atoms with Crippen LogP contribution in [0.25, 0.3) is 0 Å². The van der Waals surface area contributed by atoms with E-state index in [1.807, 2.05) is 0 Å². The molecule has 1 aliphatic heterocycles. The van der Waals surface area contributed by atoms with E-state index in [2.05, 4.69) is 0 Å². The Morgan fingerprint density at radius 3 is 2.94 bits per heavy atom. The van der Waals surface area contributed by atoms with Crippen LogP contribution in [0.2, 0.25) is 0 Å². The summed E-state index contributed by atoms with van der Waals surface area (Å²) in [6.45, 7) is 0.627. The lowest BCUT2D eigenvalue weighted by Gasteiger charge is -2.23. The van der Waals surface area contributed by atoms with Gasteiger partial charge in [0.1, 0.15) is 5.75 Å². The Bertz CT molecular complexity index is 434. The van der Waals surface area contributed by atoms with E-state index in [0.29, 0.717) is 12.1 Å². The molecule has 0 saturated carbocycles. The second-order valence-corrected chi connectivity index (χ2v) is 4.25. The van der Waals surface area contributed by atoms with Crippen molar-refractivity contribution in [1.82, 2.24) is 4.90 Å². The van der Waals surface area contributed by atoms with E-state index in [4.69, 9.17) is 10.8 Å². The SMILES string of the molecule is Nc1ccc(C(=O)N2CCCC2CO)cc1O. The third kappa shape index (κ3) is 2.19. The Balaban J connectivity index is 2.21. The van der Waals surface area contributed by atoms with Gasteiger partial charge in [-0.15, -0.1) is 0 Å². The average Bonchev–Trinajstić information content (AvgIpc) is 2.80. The van der Waals surface area contributed by atoms with Crippen LogP contribution < -0.4 is 5.73 Å². The molecule has 0 bridgehead atoms. The molecule has 5 heteroatoms. The highest BCUT2D eigenvalue weighted by Crippen LogP contribution is 2.24. The van der Waals surface area contributed by atoms with Crippen molar-refractivity contribution in [3.8, 4) is 5.75 Å². The van der Waals surface area contributed by atoms with Crippen molar-refractivity contribution in [2.45, 2.75) is 18.9 Å². The standard InChI is InChI=1S/C12H16N2O3/c13-10-4-3-8(6-11(10)16)12(17)14-5-1-2-9(14)7-15/h3-4,6,9,15-16H,1-2,5,7,13H2. The molecule has 1 amide bonds. The third-order valence-corrected chi connectivity index (χ3v) is 3.13. The van der Waals surface area contributed by atoms with E-state index in [-0.39, 0.29) is 30.0 Å². The number of nitrogen functional groups attached to an aromatic ring is 1. The maximum atomic E-state index is 12.1. The van der Waals surface area contributed by atoms with E-state index in [9.17, 15) is 9.90 Å². The van der Waals surface area contributed by atoms with Crippen molar-refractivity contribution in [2.75, 3.05) is 18.9 Å². The van der Waals surface area contributed by atoms with Gasteiger partial charge in [-0.25, -0.2) is 0 Å². The summed E-state index contributed by atoms with van der Waals surface area (Å²) < 4.78 is 0. The molecular weight excluding hydrogens is 220 g/mol. The largest absolute Gasteiger partial charge is 0.506 e. The van der Waals surface area contributed by atoms with Crippen molar-refractivity contribution in [1.29, 1.82) is 0 Å². The van der Waals surface area contributed by atoms with Gasteiger partial charge in [0.25, 0.3) is 5.91 Å². The first-order valence-corrected chi connectivity index (χ1v) is 5.64. The molecule has 1 aromatic rings. The minimum Gasteiger partial charge on any atom is -0.506 e. The Kier molecular flexibility index (Phi) is 3.19. The number of rotatable bonds is 2. The summed E-state index contributed by atoms with van der Waals surface area (Å²) in [5.41, 5.74) is 6.13. The van der Waals surface area contributed by atoms with Crippen molar-refractivity contribution in [2.24, 2.45) is 0 Å². The zero-order valence-electron chi connectivity index (χ0n) is 9.47. The van der Waals surface area contributed by atoms with Crippen molar-refractivity contribution < 1.29 is 15.0 Å². The smallest absolute Gasteiger partial charge is 0.254 e. The number of hydrogen-bond donors (Lipinski definition) is 3. The zero-order valence-corrected chi connectivity index (χ0v) is 9.47. The van der Waals surface area contributed by atoms with Gasteiger partial charge in [-0.3, -0.25) is 4.79 Å². The van der Waals surface area contributed by atoms with E-state index in [0.717, 1.165) is 12.8 Å². The van der Waals surface area contributed by atoms with Gasteiger partial charge in [-0.1, -0.05) is 0 Å². The number of nitrogens with zero attached hydrogens (tertiary/aromatic N) is 1. The predicted octanol–water partition coefficient (Wildman–Crippen LogP) is 0.571. The molecule has 0 spiro atoms. The number of benzene rings is 1. The zero-order chi connectivity index (χ0) is 12.4. The van der Waals surface area contributed by atoms with Crippen molar-refractivity contribution >= 4 is 11.6 Å². The molecule has 1 fully saturated rings. The topological polar surface area (TPSA) is 86.8 Å². The molecule has 1 saturated heterocycles. The van der Waals surface area contributed by atoms with Gasteiger partial charge in [0.05, 0.1) is 18.3 Å². The highest BCUT2D eigenvalue weighted by Gasteiger charge is 2.28. The van der Waals surface area contributed by atoms with Gasteiger partial charge in [0.2, 0.25) is 0 Å². The van der Waals surface area contributed by atoms with Crippen molar-refractivity contribution in [3.05, 3.63) is 23.8 Å². The van der Waals surface area contributed by atoms with E-state index < -0.39 is 0 Å². The van der Waals surface area contributed by atoms with Crippen LogP contribution in [0.5, 0.6) is 5.75 Å². The number of hydrogen-bond acceptors (Lipinski definition) is 4. The molecule has 0 radical (unpaired) electrons. The van der Waals surface area contributed by atoms with Crippen LogP contribution in [0, 0.1) is 0 Å². The molecule has 0 aliphatic carbocycles. The average molecular weight is 236 g/mol. The number of phenols is 1. The summed E-state index contributed by atoms with van der Waals surface area (Å²) in [7, 11) is 0. The number of nitrogens with two attached hydrogens (primary N) is 1. The molecule has 1 aliphatic rings. The summed E-state index contributed by atoms with van der Waals surface area (Å²) in [5, 5.41) is 18.6. The number of aromatic hydroxyl groups is 1. The minimum atomic E-state index is -0.170. The Labute approximate surface area is 99.5 Å². The van der Waals surface area contributed by atoms with Crippen LogP contribution in [-0.4, -0.2) is 40.2 Å². The molecule has 1 unspecified atom stereocenters. The van der Waals surface area contributed by atoms with Crippen molar-refractivity contribution in [3.63, 3.8) is 0 Å². The van der Waals surface area contributed by atoms with Crippen LogP contribution in [0.1, 0.15) is 23.2 Å². The second kappa shape index (κ2) is 4.63. The number of phenolic OH excluding ortho intramolecular Hbond substituents is 1. The van der Waals surface area contributed by atoms with Crippen LogP contribution in [0.4, 0.5) is 5.69 Å². The molecule has 0 aromatic heterocycles. The summed E-state index contributed by atoms with van der Waals surface area (Å²) in [6, 6.07) is 4.35. The third-order valence-electron chi connectivity index (χ3n) is 3.13.